The van der Waals surface area contributed by atoms with Crippen LogP contribution in [0.2, 0.25) is 0 Å². The predicted molar refractivity (Wildman–Crippen MR) is 158 cm³/mol. The SMILES string of the molecule is C[NH2+]/C(=C(/CC1=C(O)CC(CCc2ccc(C(C)(C)C#N)c(F)c2)(C2CCCC2)OC1=O)C(C)=N)N1CCCOCC1. The number of esters is 1. The standard InChI is InChI=1S/C33H45FN4O4/c1-22(36)25(30(37-4)38-14-7-16-41-17-15-38)19-26-29(39)20-33(42-31(26)40,24-8-5-6-9-24)13-12-23-10-11-27(28(34)18-23)32(2,3)21-35/h10-11,18,24,36-37,39H,5-9,12-17,19-20H2,1-4H3/p+1/b30-25+,36-22?. The van der Waals surface area contributed by atoms with Crippen LogP contribution in [0.5, 0.6) is 0 Å². The van der Waals surface area contributed by atoms with E-state index in [0.717, 1.165) is 50.0 Å². The first-order valence-corrected chi connectivity index (χ1v) is 15.3. The Morgan fingerprint density at radius 2 is 2.00 bits per heavy atom. The van der Waals surface area contributed by atoms with Crippen LogP contribution in [-0.2, 0) is 26.1 Å². The third kappa shape index (κ3) is 6.87. The molecule has 8 nitrogen and oxygen atoms in total. The highest BCUT2D eigenvalue weighted by Crippen LogP contribution is 2.46. The lowest BCUT2D eigenvalue weighted by molar-refractivity contribution is -0.593. The normalized spacial score (nSPS) is 22.9. The van der Waals surface area contributed by atoms with Gasteiger partial charge < -0.3 is 30.2 Å². The van der Waals surface area contributed by atoms with Gasteiger partial charge in [0.1, 0.15) is 17.2 Å². The van der Waals surface area contributed by atoms with Gasteiger partial charge in [-0.15, -0.1) is 0 Å². The molecule has 0 spiro atoms. The Morgan fingerprint density at radius 1 is 1.26 bits per heavy atom. The lowest BCUT2D eigenvalue weighted by atomic mass is 9.76. The molecule has 2 fully saturated rings. The van der Waals surface area contributed by atoms with Crippen LogP contribution in [0.4, 0.5) is 4.39 Å². The number of cyclic esters (lactones) is 1. The number of carbonyl (C=O) groups excluding carboxylic acids is 1. The summed E-state index contributed by atoms with van der Waals surface area (Å²) >= 11 is 0. The van der Waals surface area contributed by atoms with E-state index in [0.29, 0.717) is 49.4 Å². The smallest absolute Gasteiger partial charge is 0.338 e. The highest BCUT2D eigenvalue weighted by molar-refractivity contribution is 5.99. The third-order valence-electron chi connectivity index (χ3n) is 9.23. The van der Waals surface area contributed by atoms with Gasteiger partial charge in [-0.05, 0) is 70.4 Å². The quantitative estimate of drug-likeness (QED) is 0.269. The summed E-state index contributed by atoms with van der Waals surface area (Å²) in [5.41, 5.74) is 0.578. The van der Waals surface area contributed by atoms with E-state index in [2.05, 4.69) is 11.0 Å². The number of nitriles is 1. The number of carbonyl (C=O) groups is 1. The predicted octanol–water partition coefficient (Wildman–Crippen LogP) is 4.80. The number of nitrogens with one attached hydrogen (secondary N) is 1. The van der Waals surface area contributed by atoms with Crippen LogP contribution in [-0.4, -0.2) is 60.6 Å². The molecule has 0 bridgehead atoms. The molecule has 4 rings (SSSR count). The van der Waals surface area contributed by atoms with Crippen molar-refractivity contribution in [2.45, 2.75) is 89.6 Å². The summed E-state index contributed by atoms with van der Waals surface area (Å²) in [6.45, 7) is 7.90. The zero-order valence-corrected chi connectivity index (χ0v) is 25.5. The molecule has 228 valence electrons. The van der Waals surface area contributed by atoms with Gasteiger partial charge in [-0.25, -0.2) is 9.18 Å². The van der Waals surface area contributed by atoms with Crippen LogP contribution >= 0.6 is 0 Å². The molecule has 42 heavy (non-hydrogen) atoms. The molecule has 1 saturated heterocycles. The molecule has 1 saturated carbocycles. The molecule has 1 atom stereocenters. The molecule has 0 amide bonds. The summed E-state index contributed by atoms with van der Waals surface area (Å²) < 4.78 is 26.9. The summed E-state index contributed by atoms with van der Waals surface area (Å²) in [6.07, 6.45) is 6.08. The summed E-state index contributed by atoms with van der Waals surface area (Å²) in [5.74, 6) is 0.0855. The average molecular weight is 582 g/mol. The van der Waals surface area contributed by atoms with Crippen LogP contribution < -0.4 is 5.32 Å². The maximum Gasteiger partial charge on any atom is 0.338 e. The van der Waals surface area contributed by atoms with Gasteiger partial charge in [0, 0.05) is 43.8 Å². The van der Waals surface area contributed by atoms with Gasteiger partial charge >= 0.3 is 5.97 Å². The van der Waals surface area contributed by atoms with E-state index in [-0.39, 0.29) is 30.1 Å². The molecule has 3 aliphatic rings. The second-order valence-electron chi connectivity index (χ2n) is 12.5. The van der Waals surface area contributed by atoms with Crippen molar-refractivity contribution in [1.29, 1.82) is 10.7 Å². The Hall–Kier alpha value is -3.22. The van der Waals surface area contributed by atoms with Gasteiger partial charge in [-0.1, -0.05) is 25.0 Å². The molecule has 2 aliphatic heterocycles. The minimum absolute atomic E-state index is 0.0313. The van der Waals surface area contributed by atoms with Crippen molar-refractivity contribution in [1.82, 2.24) is 4.90 Å². The highest BCUT2D eigenvalue weighted by atomic mass is 19.1. The number of quaternary nitrogens is 1. The molecular formula is C33H46FN4O4+. The topological polar surface area (TPSA) is 123 Å². The largest absolute Gasteiger partial charge is 0.512 e. The lowest BCUT2D eigenvalue weighted by Crippen LogP contribution is -2.81. The van der Waals surface area contributed by atoms with Crippen molar-refractivity contribution < 1.29 is 29.1 Å². The number of aryl methyl sites for hydroxylation is 1. The Bertz CT molecular complexity index is 1280. The van der Waals surface area contributed by atoms with E-state index >= 15 is 0 Å². The number of hydrogen-bond acceptors (Lipinski definition) is 7. The van der Waals surface area contributed by atoms with Crippen molar-refractivity contribution >= 4 is 11.7 Å². The number of benzene rings is 1. The number of halogens is 1. The Kier molecular flexibility index (Phi) is 10.1. The fourth-order valence-electron chi connectivity index (χ4n) is 6.75. The van der Waals surface area contributed by atoms with Crippen LogP contribution in [0, 0.1) is 28.5 Å². The van der Waals surface area contributed by atoms with Crippen molar-refractivity contribution in [2.75, 3.05) is 33.4 Å². The van der Waals surface area contributed by atoms with Crippen LogP contribution in [0.15, 0.2) is 40.9 Å². The second-order valence-corrected chi connectivity index (χ2v) is 12.5. The van der Waals surface area contributed by atoms with Crippen LogP contribution in [0.25, 0.3) is 0 Å². The summed E-state index contributed by atoms with van der Waals surface area (Å²) in [6, 6.07) is 7.14. The van der Waals surface area contributed by atoms with Gasteiger partial charge in [0.15, 0.2) is 0 Å². The zero-order chi connectivity index (χ0) is 30.5. The maximum atomic E-state index is 15.0. The van der Waals surface area contributed by atoms with E-state index in [1.54, 1.807) is 26.8 Å². The molecule has 0 aromatic heterocycles. The third-order valence-corrected chi connectivity index (χ3v) is 9.23. The minimum atomic E-state index is -0.932. The summed E-state index contributed by atoms with van der Waals surface area (Å²) in [4.78, 5) is 15.9. The zero-order valence-electron chi connectivity index (χ0n) is 25.5. The highest BCUT2D eigenvalue weighted by Gasteiger charge is 2.48. The van der Waals surface area contributed by atoms with E-state index in [1.165, 1.54) is 6.07 Å². The number of allylic oxidation sites excluding steroid dienone is 1. The number of ether oxygens (including phenoxy) is 2. The van der Waals surface area contributed by atoms with Crippen molar-refractivity contribution in [2.24, 2.45) is 5.92 Å². The van der Waals surface area contributed by atoms with Gasteiger partial charge in [0.25, 0.3) is 0 Å². The Morgan fingerprint density at radius 3 is 2.62 bits per heavy atom. The first kappa shape index (κ1) is 31.7. The molecule has 2 heterocycles. The maximum absolute atomic E-state index is 15.0. The number of rotatable bonds is 10. The average Bonchev–Trinajstić information content (AvgIpc) is 3.37. The van der Waals surface area contributed by atoms with Crippen LogP contribution in [0.3, 0.4) is 0 Å². The monoisotopic (exact) mass is 581 g/mol. The fourth-order valence-corrected chi connectivity index (χ4v) is 6.75. The fraction of sp³-hybridized carbons (Fsp3) is 0.606. The number of aliphatic hydroxyl groups is 1. The molecule has 0 radical (unpaired) electrons. The van der Waals surface area contributed by atoms with Crippen molar-refractivity contribution in [3.63, 3.8) is 0 Å². The van der Waals surface area contributed by atoms with Gasteiger partial charge in [-0.2, -0.15) is 5.26 Å². The molecule has 4 N–H and O–H groups in total. The molecule has 1 aromatic rings. The first-order valence-electron chi connectivity index (χ1n) is 15.3. The van der Waals surface area contributed by atoms with Gasteiger partial charge in [0.2, 0.25) is 5.82 Å². The Labute approximate surface area is 249 Å². The molecular weight excluding hydrogens is 535 g/mol. The van der Waals surface area contributed by atoms with Gasteiger partial charge in [0.05, 0.1) is 36.3 Å². The summed E-state index contributed by atoms with van der Waals surface area (Å²) in [5, 5.41) is 31.3. The van der Waals surface area contributed by atoms with E-state index in [4.69, 9.17) is 14.9 Å². The summed E-state index contributed by atoms with van der Waals surface area (Å²) in [7, 11) is 1.93. The minimum Gasteiger partial charge on any atom is -0.512 e. The second kappa shape index (κ2) is 13.4. The van der Waals surface area contributed by atoms with E-state index in [1.807, 2.05) is 18.4 Å². The van der Waals surface area contributed by atoms with Crippen molar-refractivity contribution in [3.05, 3.63) is 57.9 Å². The van der Waals surface area contributed by atoms with E-state index in [9.17, 15) is 19.6 Å². The number of nitrogens with zero attached hydrogens (tertiary/aromatic N) is 2. The number of nitrogens with two attached hydrogens (primary N) is 1. The van der Waals surface area contributed by atoms with E-state index < -0.39 is 22.8 Å². The molecule has 9 heteroatoms. The Balaban J connectivity index is 1.61. The van der Waals surface area contributed by atoms with Crippen LogP contribution in [0.1, 0.15) is 83.3 Å². The molecule has 1 aromatic carbocycles. The molecule has 1 aliphatic carbocycles. The number of hydrogen-bond donors (Lipinski definition) is 3. The molecule has 1 unspecified atom stereocenters. The van der Waals surface area contributed by atoms with Crippen molar-refractivity contribution in [3.8, 4) is 6.07 Å². The van der Waals surface area contributed by atoms with Gasteiger partial charge in [-0.3, -0.25) is 0 Å². The lowest BCUT2D eigenvalue weighted by Gasteiger charge is -2.42. The number of aliphatic hydroxyl groups excluding tert-OH is 1. The first-order chi connectivity index (χ1) is 20.0.